The fourth-order valence-electron chi connectivity index (χ4n) is 3.61. The number of aromatic nitrogens is 3. The van der Waals surface area contributed by atoms with E-state index >= 15 is 0 Å². The maximum Gasteiger partial charge on any atom is 0.336 e. The summed E-state index contributed by atoms with van der Waals surface area (Å²) in [6, 6.07) is 8.49. The quantitative estimate of drug-likeness (QED) is 0.265. The Morgan fingerprint density at radius 1 is 0.839 bits per heavy atom. The van der Waals surface area contributed by atoms with Gasteiger partial charge < -0.3 is 4.74 Å². The average Bonchev–Trinajstić information content (AvgIpc) is 3.22. The molecule has 0 aliphatic heterocycles. The smallest absolute Gasteiger partial charge is 0.336 e. The molecule has 0 aliphatic rings. The highest BCUT2D eigenvalue weighted by Gasteiger charge is 2.18. The Morgan fingerprint density at radius 3 is 2.06 bits per heavy atom. The van der Waals surface area contributed by atoms with Gasteiger partial charge in [-0.15, -0.1) is 5.10 Å². The molecule has 0 unspecified atom stereocenters. The molecule has 31 heavy (non-hydrogen) atoms. The number of hydrogen-bond donors (Lipinski definition) is 0. The van der Waals surface area contributed by atoms with Crippen LogP contribution in [0.25, 0.3) is 11.4 Å². The van der Waals surface area contributed by atoms with Gasteiger partial charge in [-0.05, 0) is 24.8 Å². The highest BCUT2D eigenvalue weighted by molar-refractivity contribution is 5.82. The average molecular weight is 428 g/mol. The first kappa shape index (κ1) is 25.1. The van der Waals surface area contributed by atoms with Crippen LogP contribution in [0.2, 0.25) is 0 Å². The van der Waals surface area contributed by atoms with E-state index in [-0.39, 0.29) is 5.91 Å². The molecule has 1 aromatic heterocycles. The minimum absolute atomic E-state index is 0.00430. The molecule has 5 nitrogen and oxygen atoms in total. The van der Waals surface area contributed by atoms with Crippen molar-refractivity contribution in [2.24, 2.45) is 0 Å². The highest BCUT2D eigenvalue weighted by atomic mass is 16.5. The first-order valence-corrected chi connectivity index (χ1v) is 12.4. The minimum atomic E-state index is -0.00430. The maximum atomic E-state index is 12.9. The van der Waals surface area contributed by atoms with E-state index in [1.165, 1.54) is 55.2 Å². The highest BCUT2D eigenvalue weighted by Crippen LogP contribution is 2.22. The number of nitrogens with zero attached hydrogens (tertiary/aromatic N) is 3. The monoisotopic (exact) mass is 427 g/mol. The molecule has 0 amide bonds. The van der Waals surface area contributed by atoms with Crippen LogP contribution in [0.15, 0.2) is 24.3 Å². The molecular weight excluding hydrogens is 386 g/mol. The lowest BCUT2D eigenvalue weighted by Gasteiger charge is -2.06. The molecule has 2 aromatic rings. The zero-order valence-corrected chi connectivity index (χ0v) is 19.9. The van der Waals surface area contributed by atoms with Gasteiger partial charge in [0.15, 0.2) is 5.82 Å². The van der Waals surface area contributed by atoms with Crippen molar-refractivity contribution in [1.82, 2.24) is 14.8 Å². The van der Waals surface area contributed by atoms with Gasteiger partial charge in [0.2, 0.25) is 5.91 Å². The predicted octanol–water partition coefficient (Wildman–Crippen LogP) is 7.25. The van der Waals surface area contributed by atoms with Crippen LogP contribution in [0.3, 0.4) is 0 Å². The van der Waals surface area contributed by atoms with Crippen molar-refractivity contribution in [2.45, 2.75) is 104 Å². The summed E-state index contributed by atoms with van der Waals surface area (Å²) in [5.74, 6) is 0.574. The van der Waals surface area contributed by atoms with Crippen LogP contribution in [0, 0.1) is 0 Å². The molecule has 5 heteroatoms. The molecule has 0 aliphatic carbocycles. The van der Waals surface area contributed by atoms with Gasteiger partial charge in [0.25, 0.3) is 0 Å². The van der Waals surface area contributed by atoms with E-state index in [4.69, 9.17) is 4.74 Å². The Hall–Kier alpha value is -2.17. The maximum absolute atomic E-state index is 12.9. The molecule has 0 saturated carbocycles. The Kier molecular flexibility index (Phi) is 12.0. The van der Waals surface area contributed by atoms with E-state index in [9.17, 15) is 4.79 Å². The van der Waals surface area contributed by atoms with Crippen molar-refractivity contribution in [3.8, 4) is 17.4 Å². The molecule has 0 bridgehead atoms. The normalized spacial score (nSPS) is 11.1. The van der Waals surface area contributed by atoms with Crippen LogP contribution in [0.1, 0.15) is 108 Å². The zero-order chi connectivity index (χ0) is 22.3. The Morgan fingerprint density at radius 2 is 1.45 bits per heavy atom. The van der Waals surface area contributed by atoms with E-state index in [2.05, 4.69) is 43.0 Å². The van der Waals surface area contributed by atoms with Crippen LogP contribution < -0.4 is 4.74 Å². The number of benzene rings is 1. The van der Waals surface area contributed by atoms with Gasteiger partial charge in [0.05, 0.1) is 6.61 Å². The van der Waals surface area contributed by atoms with Gasteiger partial charge in [-0.3, -0.25) is 4.79 Å². The number of hydrogen-bond acceptors (Lipinski definition) is 4. The summed E-state index contributed by atoms with van der Waals surface area (Å²) in [7, 11) is 0. The molecule has 0 radical (unpaired) electrons. The van der Waals surface area contributed by atoms with Crippen molar-refractivity contribution in [1.29, 1.82) is 0 Å². The lowest BCUT2D eigenvalue weighted by Crippen LogP contribution is -2.14. The SMILES string of the molecule is CCCCCCCCCCCC(=O)n1nc(OCCCC)nc1-c1ccc(CC)cc1. The summed E-state index contributed by atoms with van der Waals surface area (Å²) >= 11 is 0. The molecular formula is C26H41N3O2. The third-order valence-corrected chi connectivity index (χ3v) is 5.67. The van der Waals surface area contributed by atoms with Crippen molar-refractivity contribution < 1.29 is 9.53 Å². The molecule has 1 aromatic carbocycles. The first-order chi connectivity index (χ1) is 15.2. The first-order valence-electron chi connectivity index (χ1n) is 12.4. The number of carbonyl (C=O) groups excluding carboxylic acids is 1. The summed E-state index contributed by atoms with van der Waals surface area (Å²) in [6.45, 7) is 7.07. The largest absolute Gasteiger partial charge is 0.462 e. The fraction of sp³-hybridized carbons (Fsp3) is 0.654. The number of rotatable bonds is 16. The summed E-state index contributed by atoms with van der Waals surface area (Å²) < 4.78 is 7.14. The van der Waals surface area contributed by atoms with Crippen LogP contribution in [-0.2, 0) is 6.42 Å². The van der Waals surface area contributed by atoms with Crippen LogP contribution in [0.5, 0.6) is 6.01 Å². The lowest BCUT2D eigenvalue weighted by molar-refractivity contribution is 0.0882. The third kappa shape index (κ3) is 8.84. The number of aryl methyl sites for hydroxylation is 1. The number of carbonyl (C=O) groups is 1. The summed E-state index contributed by atoms with van der Waals surface area (Å²) in [5, 5.41) is 4.39. The van der Waals surface area contributed by atoms with Crippen molar-refractivity contribution in [3.63, 3.8) is 0 Å². The summed E-state index contributed by atoms with van der Waals surface area (Å²) in [6.07, 6.45) is 14.6. The number of ether oxygens (including phenoxy) is 1. The van der Waals surface area contributed by atoms with Crippen molar-refractivity contribution >= 4 is 5.91 Å². The second-order valence-electron chi connectivity index (χ2n) is 8.35. The standard InChI is InChI=1S/C26H41N3O2/c1-4-7-9-10-11-12-13-14-15-16-24(30)29-25(23-19-17-22(6-3)18-20-23)27-26(28-29)31-21-8-5-2/h17-20H,4-16,21H2,1-3H3. The topological polar surface area (TPSA) is 57.0 Å². The second-order valence-corrected chi connectivity index (χ2v) is 8.35. The van der Waals surface area contributed by atoms with Gasteiger partial charge in [-0.1, -0.05) is 103 Å². The Labute approximate surface area is 188 Å². The van der Waals surface area contributed by atoms with Crippen molar-refractivity contribution in [3.05, 3.63) is 29.8 Å². The molecule has 2 rings (SSSR count). The van der Waals surface area contributed by atoms with E-state index in [0.29, 0.717) is 24.9 Å². The van der Waals surface area contributed by atoms with Gasteiger partial charge in [-0.25, -0.2) is 0 Å². The van der Waals surface area contributed by atoms with E-state index in [1.54, 1.807) is 0 Å². The zero-order valence-electron chi connectivity index (χ0n) is 19.9. The molecule has 0 saturated heterocycles. The van der Waals surface area contributed by atoms with E-state index < -0.39 is 0 Å². The molecule has 1 heterocycles. The van der Waals surface area contributed by atoms with Gasteiger partial charge >= 0.3 is 6.01 Å². The van der Waals surface area contributed by atoms with Gasteiger partial charge in [0.1, 0.15) is 0 Å². The predicted molar refractivity (Wildman–Crippen MR) is 128 cm³/mol. The van der Waals surface area contributed by atoms with Gasteiger partial charge in [-0.2, -0.15) is 9.67 Å². The van der Waals surface area contributed by atoms with Crippen molar-refractivity contribution in [2.75, 3.05) is 6.61 Å². The second kappa shape index (κ2) is 14.8. The summed E-state index contributed by atoms with van der Waals surface area (Å²) in [5.41, 5.74) is 2.16. The molecule has 0 atom stereocenters. The van der Waals surface area contributed by atoms with E-state index in [0.717, 1.165) is 37.7 Å². The molecule has 0 fully saturated rings. The molecule has 0 N–H and O–H groups in total. The van der Waals surface area contributed by atoms with Crippen LogP contribution >= 0.6 is 0 Å². The molecule has 0 spiro atoms. The fourth-order valence-corrected chi connectivity index (χ4v) is 3.61. The lowest BCUT2D eigenvalue weighted by atomic mass is 10.1. The van der Waals surface area contributed by atoms with Crippen LogP contribution in [0.4, 0.5) is 0 Å². The van der Waals surface area contributed by atoms with E-state index in [1.807, 2.05) is 12.1 Å². The summed E-state index contributed by atoms with van der Waals surface area (Å²) in [4.78, 5) is 17.4. The van der Waals surface area contributed by atoms with Crippen LogP contribution in [-0.4, -0.2) is 27.3 Å². The minimum Gasteiger partial charge on any atom is -0.462 e. The molecule has 172 valence electrons. The number of unbranched alkanes of at least 4 members (excludes halogenated alkanes) is 9. The Bertz CT molecular complexity index is 753. The third-order valence-electron chi connectivity index (χ3n) is 5.67. The Balaban J connectivity index is 1.92. The van der Waals surface area contributed by atoms with Gasteiger partial charge in [0, 0.05) is 12.0 Å².